The highest BCUT2D eigenvalue weighted by atomic mass is 16.5. The summed E-state index contributed by atoms with van der Waals surface area (Å²) in [6.45, 7) is 4.42. The number of hydrogen-bond acceptors (Lipinski definition) is 3. The van der Waals surface area contributed by atoms with Crippen LogP contribution in [0.15, 0.2) is 0 Å². The van der Waals surface area contributed by atoms with Gasteiger partial charge in [-0.15, -0.1) is 0 Å². The molecular formula is C9H13N3O2. The second-order valence-electron chi connectivity index (χ2n) is 4.12. The van der Waals surface area contributed by atoms with E-state index < -0.39 is 5.91 Å². The van der Waals surface area contributed by atoms with Crippen LogP contribution in [0.3, 0.4) is 0 Å². The lowest BCUT2D eigenvalue weighted by Crippen LogP contribution is -2.32. The van der Waals surface area contributed by atoms with Crippen molar-refractivity contribution in [3.05, 3.63) is 17.0 Å². The van der Waals surface area contributed by atoms with Crippen molar-refractivity contribution in [3.63, 3.8) is 0 Å². The fraction of sp³-hybridized carbons (Fsp3) is 0.556. The Bertz CT molecular complexity index is 381. The number of carbonyl (C=O) groups excluding carboxylic acids is 1. The van der Waals surface area contributed by atoms with Crippen LogP contribution >= 0.6 is 0 Å². The number of aromatic amines is 1. The highest BCUT2D eigenvalue weighted by Crippen LogP contribution is 2.28. The Morgan fingerprint density at radius 3 is 3.00 bits per heavy atom. The van der Waals surface area contributed by atoms with Crippen molar-refractivity contribution in [1.29, 1.82) is 0 Å². The fourth-order valence-corrected chi connectivity index (χ4v) is 1.66. The number of nitrogens with two attached hydrogens (primary N) is 1. The number of H-pyrrole nitrogens is 1. The molecule has 1 aliphatic heterocycles. The third kappa shape index (κ3) is 1.39. The van der Waals surface area contributed by atoms with Crippen LogP contribution in [-0.4, -0.2) is 21.7 Å². The molecule has 0 radical (unpaired) electrons. The predicted octanol–water partition coefficient (Wildman–Crippen LogP) is 0.360. The van der Waals surface area contributed by atoms with Gasteiger partial charge >= 0.3 is 0 Å². The van der Waals surface area contributed by atoms with E-state index in [9.17, 15) is 4.79 Å². The highest BCUT2D eigenvalue weighted by Gasteiger charge is 2.30. The number of rotatable bonds is 1. The molecule has 1 amide bonds. The molecule has 0 unspecified atom stereocenters. The normalized spacial score (nSPS) is 19.0. The zero-order valence-electron chi connectivity index (χ0n) is 8.26. The van der Waals surface area contributed by atoms with Gasteiger partial charge in [0.15, 0.2) is 5.69 Å². The first kappa shape index (κ1) is 9.21. The minimum absolute atomic E-state index is 0.249. The molecule has 5 nitrogen and oxygen atoms in total. The van der Waals surface area contributed by atoms with Gasteiger partial charge in [-0.25, -0.2) is 0 Å². The molecule has 0 saturated heterocycles. The summed E-state index contributed by atoms with van der Waals surface area (Å²) >= 11 is 0. The summed E-state index contributed by atoms with van der Waals surface area (Å²) in [5.74, 6) is -0.486. The van der Waals surface area contributed by atoms with E-state index in [1.165, 1.54) is 0 Å². The van der Waals surface area contributed by atoms with E-state index in [1.54, 1.807) is 0 Å². The topological polar surface area (TPSA) is 81.0 Å². The van der Waals surface area contributed by atoms with Crippen LogP contribution in [0.1, 0.15) is 35.6 Å². The van der Waals surface area contributed by atoms with Gasteiger partial charge in [0.1, 0.15) is 0 Å². The van der Waals surface area contributed by atoms with Crippen molar-refractivity contribution >= 4 is 5.91 Å². The first-order valence-corrected chi connectivity index (χ1v) is 4.49. The van der Waals surface area contributed by atoms with Crippen molar-refractivity contribution in [2.24, 2.45) is 5.73 Å². The Morgan fingerprint density at radius 1 is 1.64 bits per heavy atom. The van der Waals surface area contributed by atoms with Crippen molar-refractivity contribution in [2.45, 2.75) is 32.5 Å². The van der Waals surface area contributed by atoms with Crippen molar-refractivity contribution < 1.29 is 9.53 Å². The molecule has 76 valence electrons. The molecule has 0 aliphatic carbocycles. The summed E-state index contributed by atoms with van der Waals surface area (Å²) in [6, 6.07) is 0. The smallest absolute Gasteiger partial charge is 0.269 e. The highest BCUT2D eigenvalue weighted by molar-refractivity contribution is 5.92. The summed E-state index contributed by atoms with van der Waals surface area (Å²) in [4.78, 5) is 11.0. The van der Waals surface area contributed by atoms with Crippen LogP contribution in [0, 0.1) is 0 Å². The lowest BCUT2D eigenvalue weighted by molar-refractivity contribution is -0.0415. The first-order valence-electron chi connectivity index (χ1n) is 4.49. The van der Waals surface area contributed by atoms with Crippen LogP contribution in [0.2, 0.25) is 0 Å². The molecule has 0 aromatic carbocycles. The summed E-state index contributed by atoms with van der Waals surface area (Å²) in [6.07, 6.45) is 0.664. The summed E-state index contributed by atoms with van der Waals surface area (Å²) in [5.41, 5.74) is 7.06. The molecule has 2 rings (SSSR count). The number of hydrogen-bond donors (Lipinski definition) is 2. The van der Waals surface area contributed by atoms with Crippen molar-refractivity contribution in [1.82, 2.24) is 10.2 Å². The Hall–Kier alpha value is -1.36. The molecule has 1 aliphatic rings. The van der Waals surface area contributed by atoms with Crippen LogP contribution < -0.4 is 5.73 Å². The molecule has 1 aromatic rings. The van der Waals surface area contributed by atoms with E-state index in [0.717, 1.165) is 11.3 Å². The average molecular weight is 195 g/mol. The standard InChI is InChI=1S/C9H13N3O2/c1-9(2)3-5-6(4-14-9)11-12-7(5)8(10)13/h3-4H2,1-2H3,(H2,10,13)(H,11,12). The number of primary amides is 1. The molecule has 0 atom stereocenters. The van der Waals surface area contributed by atoms with Gasteiger partial charge in [-0.3, -0.25) is 9.89 Å². The summed E-state index contributed by atoms with van der Waals surface area (Å²) < 4.78 is 5.56. The maximum Gasteiger partial charge on any atom is 0.269 e. The Labute approximate surface area is 81.6 Å². The fourth-order valence-electron chi connectivity index (χ4n) is 1.66. The van der Waals surface area contributed by atoms with Gasteiger partial charge in [0.25, 0.3) is 5.91 Å². The van der Waals surface area contributed by atoms with E-state index in [2.05, 4.69) is 10.2 Å². The van der Waals surface area contributed by atoms with Crippen LogP contribution in [0.4, 0.5) is 0 Å². The lowest BCUT2D eigenvalue weighted by Gasteiger charge is -2.29. The van der Waals surface area contributed by atoms with Gasteiger partial charge in [0.2, 0.25) is 0 Å². The third-order valence-corrected chi connectivity index (χ3v) is 2.40. The molecule has 2 heterocycles. The third-order valence-electron chi connectivity index (χ3n) is 2.40. The van der Waals surface area contributed by atoms with Crippen LogP contribution in [0.25, 0.3) is 0 Å². The van der Waals surface area contributed by atoms with Gasteiger partial charge in [-0.1, -0.05) is 0 Å². The zero-order valence-corrected chi connectivity index (χ0v) is 8.26. The molecule has 0 spiro atoms. The second-order valence-corrected chi connectivity index (χ2v) is 4.12. The Kier molecular flexibility index (Phi) is 1.85. The van der Waals surface area contributed by atoms with E-state index >= 15 is 0 Å². The van der Waals surface area contributed by atoms with Gasteiger partial charge in [-0.2, -0.15) is 5.10 Å². The largest absolute Gasteiger partial charge is 0.369 e. The average Bonchev–Trinajstić information content (AvgIpc) is 2.44. The quantitative estimate of drug-likeness (QED) is 0.678. The van der Waals surface area contributed by atoms with Crippen molar-refractivity contribution in [3.8, 4) is 0 Å². The van der Waals surface area contributed by atoms with Gasteiger partial charge < -0.3 is 10.5 Å². The molecule has 0 saturated carbocycles. The van der Waals surface area contributed by atoms with Gasteiger partial charge in [0.05, 0.1) is 17.9 Å². The zero-order chi connectivity index (χ0) is 10.3. The molecule has 0 bridgehead atoms. The molecular weight excluding hydrogens is 182 g/mol. The monoisotopic (exact) mass is 195 g/mol. The first-order chi connectivity index (χ1) is 6.49. The van der Waals surface area contributed by atoms with Crippen LogP contribution in [0.5, 0.6) is 0 Å². The second kappa shape index (κ2) is 2.81. The number of carbonyl (C=O) groups is 1. The molecule has 5 heteroatoms. The summed E-state index contributed by atoms with van der Waals surface area (Å²) in [7, 11) is 0. The van der Waals surface area contributed by atoms with Crippen molar-refractivity contribution in [2.75, 3.05) is 0 Å². The predicted molar refractivity (Wildman–Crippen MR) is 49.7 cm³/mol. The Morgan fingerprint density at radius 2 is 2.36 bits per heavy atom. The number of ether oxygens (including phenoxy) is 1. The lowest BCUT2D eigenvalue weighted by atomic mass is 9.94. The minimum atomic E-state index is -0.486. The molecule has 0 fully saturated rings. The van der Waals surface area contributed by atoms with Crippen LogP contribution in [-0.2, 0) is 17.8 Å². The number of amides is 1. The van der Waals surface area contributed by atoms with E-state index in [-0.39, 0.29) is 5.60 Å². The number of fused-ring (bicyclic) bond motifs is 1. The maximum atomic E-state index is 11.0. The van der Waals surface area contributed by atoms with E-state index in [0.29, 0.717) is 18.7 Å². The number of nitrogens with one attached hydrogen (secondary N) is 1. The molecule has 1 aromatic heterocycles. The minimum Gasteiger partial charge on any atom is -0.369 e. The summed E-state index contributed by atoms with van der Waals surface area (Å²) in [5, 5.41) is 6.65. The van der Waals surface area contributed by atoms with Gasteiger partial charge in [0, 0.05) is 12.0 Å². The number of aromatic nitrogens is 2. The molecule has 14 heavy (non-hydrogen) atoms. The van der Waals surface area contributed by atoms with E-state index in [4.69, 9.17) is 10.5 Å². The van der Waals surface area contributed by atoms with E-state index in [1.807, 2.05) is 13.8 Å². The van der Waals surface area contributed by atoms with Gasteiger partial charge in [-0.05, 0) is 13.8 Å². The SMILES string of the molecule is CC1(C)Cc2c(C(N)=O)n[nH]c2CO1. The molecule has 3 N–H and O–H groups in total. The Balaban J connectivity index is 2.42. The maximum absolute atomic E-state index is 11.0. The number of nitrogens with zero attached hydrogens (tertiary/aromatic N) is 1.